The van der Waals surface area contributed by atoms with Gasteiger partial charge in [-0.3, -0.25) is 0 Å². The maximum atomic E-state index is 5.92. The second kappa shape index (κ2) is 5.58. The van der Waals surface area contributed by atoms with Crippen molar-refractivity contribution in [2.24, 2.45) is 0 Å². The summed E-state index contributed by atoms with van der Waals surface area (Å²) >= 11 is 4.67. The van der Waals surface area contributed by atoms with Crippen molar-refractivity contribution in [2.75, 3.05) is 0 Å². The lowest BCUT2D eigenvalue weighted by Gasteiger charge is -2.22. The molecule has 0 bridgehead atoms. The van der Waals surface area contributed by atoms with E-state index in [1.165, 1.54) is 5.56 Å². The van der Waals surface area contributed by atoms with Crippen molar-refractivity contribution >= 4 is 19.5 Å². The van der Waals surface area contributed by atoms with Gasteiger partial charge in [-0.1, -0.05) is 44.2 Å². The Hall–Kier alpha value is -0.253. The lowest BCUT2D eigenvalue weighted by molar-refractivity contribution is 0.302. The van der Waals surface area contributed by atoms with Gasteiger partial charge in [-0.05, 0) is 17.7 Å². The average Bonchev–Trinajstić information content (AvgIpc) is 2.27. The maximum absolute atomic E-state index is 5.92. The summed E-state index contributed by atoms with van der Waals surface area (Å²) in [5.74, 6) is 0. The van der Waals surface area contributed by atoms with Crippen LogP contribution in [0.5, 0.6) is 0 Å². The molecule has 0 fully saturated rings. The van der Waals surface area contributed by atoms with Gasteiger partial charge in [0.2, 0.25) is 0 Å². The minimum atomic E-state index is -1.69. The molecule has 0 aliphatic carbocycles. The fourth-order valence-corrected chi connectivity index (χ4v) is 2.78. The molecule has 14 heavy (non-hydrogen) atoms. The summed E-state index contributed by atoms with van der Waals surface area (Å²) < 4.78 is 5.92. The van der Waals surface area contributed by atoms with E-state index in [9.17, 15) is 0 Å². The van der Waals surface area contributed by atoms with Crippen LogP contribution in [0.25, 0.3) is 0 Å². The standard InChI is InChI=1S/C11H18OSSi/c1-3-14(13,4-2)12-10-11-8-6-5-7-9-11/h5-9,13H,3-4,10H2,1-2H3. The number of hydrogen-bond acceptors (Lipinski definition) is 2. The highest BCUT2D eigenvalue weighted by molar-refractivity contribution is 8.13. The molecule has 1 nitrogen and oxygen atoms in total. The van der Waals surface area contributed by atoms with Gasteiger partial charge < -0.3 is 4.43 Å². The topological polar surface area (TPSA) is 9.23 Å². The summed E-state index contributed by atoms with van der Waals surface area (Å²) in [6.07, 6.45) is 0. The van der Waals surface area contributed by atoms with Crippen LogP contribution in [0.3, 0.4) is 0 Å². The van der Waals surface area contributed by atoms with Crippen LogP contribution in [0, 0.1) is 0 Å². The minimum Gasteiger partial charge on any atom is -0.403 e. The Morgan fingerprint density at radius 2 is 1.71 bits per heavy atom. The van der Waals surface area contributed by atoms with E-state index in [0.717, 1.165) is 12.1 Å². The Labute approximate surface area is 92.7 Å². The van der Waals surface area contributed by atoms with E-state index in [-0.39, 0.29) is 0 Å². The monoisotopic (exact) mass is 226 g/mol. The highest BCUT2D eigenvalue weighted by Gasteiger charge is 2.25. The van der Waals surface area contributed by atoms with Crippen LogP contribution in [0.2, 0.25) is 12.1 Å². The summed E-state index contributed by atoms with van der Waals surface area (Å²) in [5, 5.41) is 0. The zero-order valence-corrected chi connectivity index (χ0v) is 10.8. The van der Waals surface area contributed by atoms with Gasteiger partial charge in [-0.25, -0.2) is 0 Å². The third kappa shape index (κ3) is 3.48. The molecule has 3 heteroatoms. The molecule has 1 rings (SSSR count). The van der Waals surface area contributed by atoms with Crippen LogP contribution < -0.4 is 0 Å². The molecule has 0 aromatic heterocycles. The summed E-state index contributed by atoms with van der Waals surface area (Å²) in [6.45, 7) is 5.03. The van der Waals surface area contributed by atoms with Gasteiger partial charge in [0.25, 0.3) is 7.47 Å². The van der Waals surface area contributed by atoms with Gasteiger partial charge in [0.15, 0.2) is 0 Å². The zero-order valence-electron chi connectivity index (χ0n) is 8.86. The number of rotatable bonds is 5. The first-order valence-electron chi connectivity index (χ1n) is 5.10. The first-order valence-corrected chi connectivity index (χ1v) is 8.71. The fourth-order valence-electron chi connectivity index (χ4n) is 1.25. The Morgan fingerprint density at radius 3 is 2.21 bits per heavy atom. The van der Waals surface area contributed by atoms with E-state index in [1.54, 1.807) is 0 Å². The highest BCUT2D eigenvalue weighted by Crippen LogP contribution is 2.22. The Bertz CT molecular complexity index is 259. The highest BCUT2D eigenvalue weighted by atomic mass is 32.3. The quantitative estimate of drug-likeness (QED) is 0.596. The molecular formula is C11H18OSSi. The molecule has 1 aromatic rings. The summed E-state index contributed by atoms with van der Waals surface area (Å²) in [7, 11) is -1.69. The second-order valence-corrected chi connectivity index (χ2v) is 9.47. The van der Waals surface area contributed by atoms with Crippen molar-refractivity contribution in [2.45, 2.75) is 32.5 Å². The van der Waals surface area contributed by atoms with Crippen molar-refractivity contribution in [1.82, 2.24) is 0 Å². The first kappa shape index (κ1) is 11.8. The molecule has 0 aliphatic rings. The van der Waals surface area contributed by atoms with Crippen LogP contribution in [0.15, 0.2) is 30.3 Å². The third-order valence-corrected chi connectivity index (χ3v) is 7.63. The summed E-state index contributed by atoms with van der Waals surface area (Å²) in [4.78, 5) is 0. The van der Waals surface area contributed by atoms with Gasteiger partial charge >= 0.3 is 0 Å². The number of thiol groups is 1. The lowest BCUT2D eigenvalue weighted by Crippen LogP contribution is -2.29. The second-order valence-electron chi connectivity index (χ2n) is 3.43. The van der Waals surface area contributed by atoms with E-state index in [4.69, 9.17) is 4.43 Å². The molecule has 0 unspecified atom stereocenters. The van der Waals surface area contributed by atoms with Crippen LogP contribution in [0.1, 0.15) is 19.4 Å². The number of hydrogen-bond donors (Lipinski definition) is 1. The predicted octanol–water partition coefficient (Wildman–Crippen LogP) is 3.62. The molecule has 0 spiro atoms. The molecule has 0 saturated heterocycles. The van der Waals surface area contributed by atoms with Crippen LogP contribution in [-0.2, 0) is 11.0 Å². The molecule has 0 atom stereocenters. The molecule has 0 saturated carbocycles. The van der Waals surface area contributed by atoms with E-state index < -0.39 is 7.47 Å². The van der Waals surface area contributed by atoms with Crippen molar-refractivity contribution in [1.29, 1.82) is 0 Å². The number of benzene rings is 1. The summed E-state index contributed by atoms with van der Waals surface area (Å²) in [5.41, 5.74) is 1.24. The van der Waals surface area contributed by atoms with E-state index in [0.29, 0.717) is 6.61 Å². The van der Waals surface area contributed by atoms with Gasteiger partial charge in [-0.15, -0.1) is 0 Å². The Morgan fingerprint density at radius 1 is 1.14 bits per heavy atom. The van der Waals surface area contributed by atoms with Crippen LogP contribution in [-0.4, -0.2) is 7.47 Å². The largest absolute Gasteiger partial charge is 0.403 e. The SMILES string of the molecule is CC[Si](S)(CC)OCc1ccccc1. The van der Waals surface area contributed by atoms with Crippen molar-refractivity contribution < 1.29 is 4.43 Å². The van der Waals surface area contributed by atoms with Gasteiger partial charge in [0.1, 0.15) is 0 Å². The lowest BCUT2D eigenvalue weighted by atomic mass is 10.2. The van der Waals surface area contributed by atoms with Gasteiger partial charge in [0.05, 0.1) is 6.61 Å². The van der Waals surface area contributed by atoms with Crippen LogP contribution >= 0.6 is 12.1 Å². The Kier molecular flexibility index (Phi) is 4.71. The fraction of sp³-hybridized carbons (Fsp3) is 0.455. The molecule has 78 valence electrons. The molecule has 0 radical (unpaired) electrons. The van der Waals surface area contributed by atoms with Gasteiger partial charge in [-0.2, -0.15) is 12.1 Å². The zero-order chi connectivity index (χ0) is 10.4. The smallest absolute Gasteiger partial charge is 0.251 e. The third-order valence-electron chi connectivity index (χ3n) is 2.46. The summed E-state index contributed by atoms with van der Waals surface area (Å²) in [6, 6.07) is 12.4. The van der Waals surface area contributed by atoms with Crippen molar-refractivity contribution in [3.8, 4) is 0 Å². The van der Waals surface area contributed by atoms with E-state index >= 15 is 0 Å². The molecule has 0 heterocycles. The first-order chi connectivity index (χ1) is 6.70. The minimum absolute atomic E-state index is 0.707. The molecule has 0 amide bonds. The molecular weight excluding hydrogens is 208 g/mol. The molecule has 0 aliphatic heterocycles. The normalized spacial score (nSPS) is 11.6. The Balaban J connectivity index is 2.48. The van der Waals surface area contributed by atoms with Crippen LogP contribution in [0.4, 0.5) is 0 Å². The molecule has 0 N–H and O–H groups in total. The van der Waals surface area contributed by atoms with Gasteiger partial charge in [0, 0.05) is 0 Å². The van der Waals surface area contributed by atoms with Crippen molar-refractivity contribution in [3.05, 3.63) is 35.9 Å². The van der Waals surface area contributed by atoms with E-state index in [1.807, 2.05) is 18.2 Å². The average molecular weight is 226 g/mol. The van der Waals surface area contributed by atoms with E-state index in [2.05, 4.69) is 38.1 Å². The maximum Gasteiger partial charge on any atom is 0.251 e. The molecule has 1 aromatic carbocycles. The predicted molar refractivity (Wildman–Crippen MR) is 66.9 cm³/mol. The van der Waals surface area contributed by atoms with Crippen molar-refractivity contribution in [3.63, 3.8) is 0 Å².